The minimum Gasteiger partial charge on any atom is -0.439 e. The lowest BCUT2D eigenvalue weighted by Crippen LogP contribution is -2.35. The number of hydrogen-bond donors (Lipinski definition) is 0. The second-order valence-electron chi connectivity index (χ2n) is 11.2. The molecule has 43 heavy (non-hydrogen) atoms. The number of allylic oxidation sites excluding steroid dienone is 6. The number of rotatable bonds is 11. The molecule has 1 aliphatic heterocycles. The smallest absolute Gasteiger partial charge is 0.219 e. The predicted molar refractivity (Wildman–Crippen MR) is 167 cm³/mol. The molecule has 1 saturated heterocycles. The van der Waals surface area contributed by atoms with E-state index in [-0.39, 0.29) is 17.5 Å². The predicted octanol–water partition coefficient (Wildman–Crippen LogP) is 7.70. The van der Waals surface area contributed by atoms with E-state index in [0.29, 0.717) is 11.6 Å². The van der Waals surface area contributed by atoms with Crippen molar-refractivity contribution in [3.8, 4) is 11.6 Å². The summed E-state index contributed by atoms with van der Waals surface area (Å²) in [6, 6.07) is 11.8. The Balaban J connectivity index is 1.34. The fourth-order valence-electron chi connectivity index (χ4n) is 5.75. The molecular weight excluding hydrogens is 541 g/mol. The molecule has 2 unspecified atom stereocenters. The third-order valence-electron chi connectivity index (χ3n) is 8.12. The van der Waals surface area contributed by atoms with E-state index in [9.17, 15) is 9.18 Å². The Morgan fingerprint density at radius 3 is 2.72 bits per heavy atom. The van der Waals surface area contributed by atoms with Gasteiger partial charge in [-0.2, -0.15) is 0 Å². The Labute approximate surface area is 254 Å². The van der Waals surface area contributed by atoms with Crippen molar-refractivity contribution in [2.24, 2.45) is 0 Å². The molecule has 1 aliphatic carbocycles. The van der Waals surface area contributed by atoms with Crippen LogP contribution in [0, 0.1) is 5.82 Å². The van der Waals surface area contributed by atoms with Crippen LogP contribution in [0.5, 0.6) is 11.6 Å². The van der Waals surface area contributed by atoms with Gasteiger partial charge in [0.15, 0.2) is 5.78 Å². The standard InChI is InChI=1S/C36H40FN3O3/c1-4-7-27-10-11-28(30-18-26(21-38-22-30)24-40-14-16-42-17-15-40)19-34(27)33(5-2)36(41)25(3)29-12-13-35(39-23-29)43-32-9-6-8-31(37)20-32/h5-6,8-10,12-13,18-23,25,28H,4,7,11,14-17,24H2,1-3H3. The number of pyridine rings is 2. The lowest BCUT2D eigenvalue weighted by Gasteiger charge is -2.27. The zero-order valence-corrected chi connectivity index (χ0v) is 25.3. The van der Waals surface area contributed by atoms with Crippen molar-refractivity contribution in [3.63, 3.8) is 0 Å². The van der Waals surface area contributed by atoms with Gasteiger partial charge in [0.2, 0.25) is 5.88 Å². The molecule has 0 amide bonds. The summed E-state index contributed by atoms with van der Waals surface area (Å²) in [5.74, 6) is 0.139. The Kier molecular flexibility index (Phi) is 10.3. The fourth-order valence-corrected chi connectivity index (χ4v) is 5.75. The summed E-state index contributed by atoms with van der Waals surface area (Å²) in [6.07, 6.45) is 14.9. The van der Waals surface area contributed by atoms with Crippen molar-refractivity contribution in [1.82, 2.24) is 14.9 Å². The summed E-state index contributed by atoms with van der Waals surface area (Å²) in [6.45, 7) is 10.3. The van der Waals surface area contributed by atoms with Gasteiger partial charge in [-0.25, -0.2) is 9.37 Å². The molecule has 0 spiro atoms. The highest BCUT2D eigenvalue weighted by molar-refractivity contribution is 6.04. The summed E-state index contributed by atoms with van der Waals surface area (Å²) >= 11 is 0. The van der Waals surface area contributed by atoms with Gasteiger partial charge in [0.25, 0.3) is 0 Å². The number of benzene rings is 1. The summed E-state index contributed by atoms with van der Waals surface area (Å²) < 4.78 is 24.7. The molecule has 224 valence electrons. The molecular formula is C36H40FN3O3. The largest absolute Gasteiger partial charge is 0.439 e. The van der Waals surface area contributed by atoms with Crippen molar-refractivity contribution in [1.29, 1.82) is 0 Å². The monoisotopic (exact) mass is 581 g/mol. The first kappa shape index (κ1) is 30.5. The molecule has 3 heterocycles. The van der Waals surface area contributed by atoms with Gasteiger partial charge in [0, 0.05) is 67.8 Å². The van der Waals surface area contributed by atoms with Gasteiger partial charge in [-0.1, -0.05) is 56.7 Å². The number of nitrogens with zero attached hydrogens (tertiary/aromatic N) is 3. The van der Waals surface area contributed by atoms with Crippen LogP contribution in [0.1, 0.15) is 68.6 Å². The summed E-state index contributed by atoms with van der Waals surface area (Å²) in [5.41, 5.74) is 6.14. The van der Waals surface area contributed by atoms with Gasteiger partial charge in [0.1, 0.15) is 11.6 Å². The first-order valence-electron chi connectivity index (χ1n) is 15.2. The van der Waals surface area contributed by atoms with Crippen LogP contribution in [0.3, 0.4) is 0 Å². The van der Waals surface area contributed by atoms with Crippen molar-refractivity contribution < 1.29 is 18.7 Å². The van der Waals surface area contributed by atoms with Gasteiger partial charge in [-0.3, -0.25) is 14.7 Å². The third kappa shape index (κ3) is 7.72. The molecule has 2 aliphatic rings. The van der Waals surface area contributed by atoms with E-state index in [1.165, 1.54) is 28.8 Å². The van der Waals surface area contributed by atoms with Gasteiger partial charge < -0.3 is 9.47 Å². The van der Waals surface area contributed by atoms with Crippen LogP contribution in [0.4, 0.5) is 4.39 Å². The molecule has 3 aromatic rings. The molecule has 6 nitrogen and oxygen atoms in total. The number of carbonyl (C=O) groups is 1. The molecule has 5 rings (SSSR count). The average Bonchev–Trinajstić information content (AvgIpc) is 3.03. The van der Waals surface area contributed by atoms with Crippen LogP contribution in [0.15, 0.2) is 96.0 Å². The van der Waals surface area contributed by atoms with Crippen LogP contribution >= 0.6 is 0 Å². The number of ether oxygens (including phenoxy) is 2. The molecule has 2 aromatic heterocycles. The topological polar surface area (TPSA) is 64.5 Å². The minimum absolute atomic E-state index is 0.0520. The second kappa shape index (κ2) is 14.5. The van der Waals surface area contributed by atoms with Crippen LogP contribution in [-0.4, -0.2) is 47.0 Å². The van der Waals surface area contributed by atoms with Gasteiger partial charge in [-0.05, 0) is 59.7 Å². The van der Waals surface area contributed by atoms with E-state index in [1.54, 1.807) is 24.4 Å². The van der Waals surface area contributed by atoms with Crippen molar-refractivity contribution in [3.05, 3.63) is 119 Å². The first-order valence-corrected chi connectivity index (χ1v) is 15.2. The van der Waals surface area contributed by atoms with E-state index in [2.05, 4.69) is 40.0 Å². The maximum atomic E-state index is 14.0. The average molecular weight is 582 g/mol. The summed E-state index contributed by atoms with van der Waals surface area (Å²) in [5, 5.41) is 0. The SMILES string of the molecule is CC=C(C(=O)C(C)c1ccc(Oc2cccc(F)c2)nc1)C1=CC(c2cncc(CN3CCOCC3)c2)CC=C1CCC. The quantitative estimate of drug-likeness (QED) is 0.216. The van der Waals surface area contributed by atoms with Gasteiger partial charge >= 0.3 is 0 Å². The minimum atomic E-state index is -0.399. The van der Waals surface area contributed by atoms with Gasteiger partial charge in [-0.15, -0.1) is 0 Å². The third-order valence-corrected chi connectivity index (χ3v) is 8.12. The van der Waals surface area contributed by atoms with Crippen LogP contribution in [0.2, 0.25) is 0 Å². The maximum Gasteiger partial charge on any atom is 0.219 e. The Hall–Kier alpha value is -3.94. The Morgan fingerprint density at radius 2 is 2.00 bits per heavy atom. The van der Waals surface area contributed by atoms with E-state index in [4.69, 9.17) is 9.47 Å². The molecule has 0 N–H and O–H groups in total. The normalized spacial score (nSPS) is 18.5. The fraction of sp³-hybridized carbons (Fsp3) is 0.361. The first-order chi connectivity index (χ1) is 20.9. The lowest BCUT2D eigenvalue weighted by atomic mass is 9.79. The molecule has 0 saturated carbocycles. The zero-order chi connectivity index (χ0) is 30.2. The van der Waals surface area contributed by atoms with Crippen molar-refractivity contribution in [2.45, 2.75) is 58.4 Å². The molecule has 7 heteroatoms. The van der Waals surface area contributed by atoms with Crippen LogP contribution in [-0.2, 0) is 16.1 Å². The maximum absolute atomic E-state index is 14.0. The molecule has 1 fully saturated rings. The molecule has 2 atom stereocenters. The molecule has 0 radical (unpaired) electrons. The Morgan fingerprint density at radius 1 is 1.16 bits per heavy atom. The van der Waals surface area contributed by atoms with E-state index in [1.807, 2.05) is 38.4 Å². The number of ketones is 1. The number of morpholine rings is 1. The highest BCUT2D eigenvalue weighted by Gasteiger charge is 2.27. The highest BCUT2D eigenvalue weighted by Crippen LogP contribution is 2.38. The van der Waals surface area contributed by atoms with Crippen LogP contribution < -0.4 is 4.74 Å². The summed E-state index contributed by atoms with van der Waals surface area (Å²) in [4.78, 5) is 25.4. The zero-order valence-electron chi connectivity index (χ0n) is 25.3. The molecule has 0 bridgehead atoms. The van der Waals surface area contributed by atoms with Crippen LogP contribution in [0.25, 0.3) is 0 Å². The lowest BCUT2D eigenvalue weighted by molar-refractivity contribution is -0.116. The van der Waals surface area contributed by atoms with E-state index in [0.717, 1.165) is 68.8 Å². The molecule has 1 aromatic carbocycles. The number of halogens is 1. The van der Waals surface area contributed by atoms with E-state index < -0.39 is 5.92 Å². The number of carbonyl (C=O) groups excluding carboxylic acids is 1. The number of Topliss-reactive ketones (excluding diaryl/α,β-unsaturated/α-hetero) is 1. The highest BCUT2D eigenvalue weighted by atomic mass is 19.1. The van der Waals surface area contributed by atoms with Crippen molar-refractivity contribution in [2.75, 3.05) is 26.3 Å². The van der Waals surface area contributed by atoms with E-state index >= 15 is 0 Å². The van der Waals surface area contributed by atoms with Gasteiger partial charge in [0.05, 0.1) is 13.2 Å². The summed E-state index contributed by atoms with van der Waals surface area (Å²) in [7, 11) is 0. The van der Waals surface area contributed by atoms with Crippen molar-refractivity contribution >= 4 is 5.78 Å². The number of hydrogen-bond acceptors (Lipinski definition) is 6. The second-order valence-corrected chi connectivity index (χ2v) is 11.2. The Bertz CT molecular complexity index is 1510. The number of aromatic nitrogens is 2.